The topological polar surface area (TPSA) is 40.5 Å². The third kappa shape index (κ3) is 14.5. The number of unbranched alkanes of at least 4 members (excludes halogenated alkanes) is 4. The van der Waals surface area contributed by atoms with E-state index in [-0.39, 0.29) is 12.2 Å². The maximum Gasteiger partial charge on any atom is 0.0548 e. The van der Waals surface area contributed by atoms with Gasteiger partial charge in [-0.2, -0.15) is 11.8 Å². The normalized spacial score (nSPS) is 14.5. The highest BCUT2D eigenvalue weighted by molar-refractivity contribution is 7.99. The monoisotopic (exact) mass is 290 g/mol. The Balaban J connectivity index is 3.24. The fraction of sp³-hybridized carbons (Fsp3) is 1.00. The average molecular weight is 291 g/mol. The van der Waals surface area contributed by atoms with Crippen LogP contribution in [0.2, 0.25) is 0 Å². The van der Waals surface area contributed by atoms with Gasteiger partial charge in [0, 0.05) is 0 Å². The van der Waals surface area contributed by atoms with Gasteiger partial charge in [-0.05, 0) is 37.2 Å². The molecule has 0 amide bonds. The second-order valence-corrected chi connectivity index (χ2v) is 6.71. The van der Waals surface area contributed by atoms with Crippen LogP contribution in [0.5, 0.6) is 0 Å². The maximum absolute atomic E-state index is 9.76. The van der Waals surface area contributed by atoms with E-state index in [9.17, 15) is 10.2 Å². The number of thioether (sulfide) groups is 1. The van der Waals surface area contributed by atoms with Crippen LogP contribution >= 0.6 is 11.8 Å². The Labute approximate surface area is 124 Å². The number of aliphatic hydroxyl groups is 2. The largest absolute Gasteiger partial charge is 0.393 e. The van der Waals surface area contributed by atoms with Gasteiger partial charge in [-0.15, -0.1) is 0 Å². The van der Waals surface area contributed by atoms with E-state index in [0.29, 0.717) is 0 Å². The lowest BCUT2D eigenvalue weighted by atomic mass is 10.1. The van der Waals surface area contributed by atoms with Gasteiger partial charge in [-0.1, -0.05) is 52.4 Å². The van der Waals surface area contributed by atoms with Gasteiger partial charge in [0.2, 0.25) is 0 Å². The van der Waals surface area contributed by atoms with Crippen molar-refractivity contribution >= 4 is 11.8 Å². The summed E-state index contributed by atoms with van der Waals surface area (Å²) in [5.41, 5.74) is 0. The highest BCUT2D eigenvalue weighted by Crippen LogP contribution is 2.14. The predicted octanol–water partition coefficient (Wildman–Crippen LogP) is 4.38. The van der Waals surface area contributed by atoms with Crippen LogP contribution in [-0.4, -0.2) is 33.9 Å². The quantitative estimate of drug-likeness (QED) is 0.466. The summed E-state index contributed by atoms with van der Waals surface area (Å²) in [6.45, 7) is 4.38. The predicted molar refractivity (Wildman–Crippen MR) is 86.9 cm³/mol. The van der Waals surface area contributed by atoms with E-state index in [1.54, 1.807) is 0 Å². The lowest BCUT2D eigenvalue weighted by Crippen LogP contribution is -2.09. The molecule has 0 aromatic heterocycles. The van der Waals surface area contributed by atoms with Crippen LogP contribution in [0, 0.1) is 0 Å². The first-order chi connectivity index (χ1) is 9.20. The van der Waals surface area contributed by atoms with E-state index in [2.05, 4.69) is 13.8 Å². The van der Waals surface area contributed by atoms with Crippen LogP contribution < -0.4 is 0 Å². The highest BCUT2D eigenvalue weighted by atomic mass is 32.2. The molecule has 0 heterocycles. The van der Waals surface area contributed by atoms with E-state index in [4.69, 9.17) is 0 Å². The Hall–Kier alpha value is 0.270. The fourth-order valence-corrected chi connectivity index (χ4v) is 3.17. The first kappa shape index (κ1) is 19.3. The Bertz CT molecular complexity index is 158. The van der Waals surface area contributed by atoms with Crippen molar-refractivity contribution in [1.82, 2.24) is 0 Å². The van der Waals surface area contributed by atoms with Gasteiger partial charge < -0.3 is 10.2 Å². The SMILES string of the molecule is CCCCCC(O)CCSCCC(O)CCCCC. The van der Waals surface area contributed by atoms with Crippen LogP contribution in [0.25, 0.3) is 0 Å². The van der Waals surface area contributed by atoms with Crippen LogP contribution in [-0.2, 0) is 0 Å². The first-order valence-electron chi connectivity index (χ1n) is 8.14. The number of rotatable bonds is 14. The van der Waals surface area contributed by atoms with E-state index >= 15 is 0 Å². The Morgan fingerprint density at radius 3 is 1.47 bits per heavy atom. The minimum atomic E-state index is -0.117. The van der Waals surface area contributed by atoms with Crippen LogP contribution in [0.4, 0.5) is 0 Å². The minimum absolute atomic E-state index is 0.117. The summed E-state index contributed by atoms with van der Waals surface area (Å²) < 4.78 is 0. The summed E-state index contributed by atoms with van der Waals surface area (Å²) in [4.78, 5) is 0. The third-order valence-corrected chi connectivity index (χ3v) is 4.52. The molecule has 0 aliphatic carbocycles. The molecular formula is C16H34O2S. The van der Waals surface area contributed by atoms with Gasteiger partial charge in [-0.25, -0.2) is 0 Å². The molecule has 0 rings (SSSR count). The van der Waals surface area contributed by atoms with Crippen molar-refractivity contribution in [3.8, 4) is 0 Å². The molecule has 0 radical (unpaired) electrons. The van der Waals surface area contributed by atoms with E-state index in [1.807, 2.05) is 11.8 Å². The summed E-state index contributed by atoms with van der Waals surface area (Å²) in [5.74, 6) is 2.05. The van der Waals surface area contributed by atoms with Crippen LogP contribution in [0.1, 0.15) is 78.1 Å². The van der Waals surface area contributed by atoms with Crippen molar-refractivity contribution in [2.75, 3.05) is 11.5 Å². The summed E-state index contributed by atoms with van der Waals surface area (Å²) in [6.07, 6.45) is 10.7. The zero-order chi connectivity index (χ0) is 14.3. The maximum atomic E-state index is 9.76. The second-order valence-electron chi connectivity index (χ2n) is 5.49. The number of aliphatic hydroxyl groups excluding tert-OH is 2. The standard InChI is InChI=1S/C16H34O2S/c1-3-5-7-9-15(17)11-13-19-14-12-16(18)10-8-6-4-2/h15-18H,3-14H2,1-2H3. The van der Waals surface area contributed by atoms with Crippen molar-refractivity contribution in [2.45, 2.75) is 90.3 Å². The van der Waals surface area contributed by atoms with Crippen molar-refractivity contribution in [3.63, 3.8) is 0 Å². The summed E-state index contributed by atoms with van der Waals surface area (Å²) in [5, 5.41) is 19.5. The van der Waals surface area contributed by atoms with Gasteiger partial charge in [-0.3, -0.25) is 0 Å². The van der Waals surface area contributed by atoms with Crippen LogP contribution in [0.15, 0.2) is 0 Å². The average Bonchev–Trinajstić information content (AvgIpc) is 2.39. The van der Waals surface area contributed by atoms with E-state index in [1.165, 1.54) is 25.7 Å². The second kappa shape index (κ2) is 14.7. The molecule has 0 aliphatic heterocycles. The Morgan fingerprint density at radius 1 is 0.684 bits per heavy atom. The smallest absolute Gasteiger partial charge is 0.0548 e. The highest BCUT2D eigenvalue weighted by Gasteiger charge is 2.06. The molecule has 3 heteroatoms. The van der Waals surface area contributed by atoms with Crippen molar-refractivity contribution < 1.29 is 10.2 Å². The van der Waals surface area contributed by atoms with Crippen LogP contribution in [0.3, 0.4) is 0 Å². The molecule has 2 nitrogen and oxygen atoms in total. The number of hydrogen-bond donors (Lipinski definition) is 2. The molecular weight excluding hydrogens is 256 g/mol. The van der Waals surface area contributed by atoms with Crippen molar-refractivity contribution in [2.24, 2.45) is 0 Å². The molecule has 0 aromatic rings. The molecule has 0 fully saturated rings. The molecule has 2 N–H and O–H groups in total. The third-order valence-electron chi connectivity index (χ3n) is 3.47. The number of hydrogen-bond acceptors (Lipinski definition) is 3. The van der Waals surface area contributed by atoms with Crippen molar-refractivity contribution in [1.29, 1.82) is 0 Å². The van der Waals surface area contributed by atoms with Gasteiger partial charge in [0.25, 0.3) is 0 Å². The molecule has 0 saturated carbocycles. The minimum Gasteiger partial charge on any atom is -0.393 e. The molecule has 2 unspecified atom stereocenters. The molecule has 0 saturated heterocycles. The van der Waals surface area contributed by atoms with Gasteiger partial charge in [0.1, 0.15) is 0 Å². The lowest BCUT2D eigenvalue weighted by Gasteiger charge is -2.11. The molecule has 0 aliphatic rings. The zero-order valence-corrected chi connectivity index (χ0v) is 13.8. The Kier molecular flexibility index (Phi) is 14.9. The Morgan fingerprint density at radius 2 is 1.11 bits per heavy atom. The summed E-state index contributed by atoms with van der Waals surface area (Å²) in [7, 11) is 0. The van der Waals surface area contributed by atoms with Crippen molar-refractivity contribution in [3.05, 3.63) is 0 Å². The molecule has 0 aromatic carbocycles. The zero-order valence-electron chi connectivity index (χ0n) is 12.9. The van der Waals surface area contributed by atoms with E-state index < -0.39 is 0 Å². The molecule has 0 bridgehead atoms. The first-order valence-corrected chi connectivity index (χ1v) is 9.30. The van der Waals surface area contributed by atoms with Gasteiger partial charge in [0.15, 0.2) is 0 Å². The molecule has 0 spiro atoms. The summed E-state index contributed by atoms with van der Waals surface area (Å²) in [6, 6.07) is 0. The van der Waals surface area contributed by atoms with Gasteiger partial charge >= 0.3 is 0 Å². The summed E-state index contributed by atoms with van der Waals surface area (Å²) >= 11 is 1.87. The fourth-order valence-electron chi connectivity index (χ4n) is 2.09. The molecule has 2 atom stereocenters. The molecule has 19 heavy (non-hydrogen) atoms. The van der Waals surface area contributed by atoms with Gasteiger partial charge in [0.05, 0.1) is 12.2 Å². The lowest BCUT2D eigenvalue weighted by molar-refractivity contribution is 0.157. The van der Waals surface area contributed by atoms with E-state index in [0.717, 1.165) is 50.0 Å². The molecule has 116 valence electrons.